The van der Waals surface area contributed by atoms with Crippen molar-refractivity contribution in [2.45, 2.75) is 6.42 Å². The van der Waals surface area contributed by atoms with Crippen molar-refractivity contribution < 1.29 is 0 Å². The van der Waals surface area contributed by atoms with Crippen molar-refractivity contribution >= 4 is 23.7 Å². The number of nitrogens with zero attached hydrogens (tertiary/aromatic N) is 3. The van der Waals surface area contributed by atoms with Crippen molar-refractivity contribution in [3.05, 3.63) is 11.1 Å². The van der Waals surface area contributed by atoms with Crippen LogP contribution in [-0.4, -0.2) is 36.7 Å². The molecule has 4 N–H and O–H groups in total. The smallest absolute Gasteiger partial charge is 0.228 e. The van der Waals surface area contributed by atoms with Gasteiger partial charge in [0.15, 0.2) is 5.96 Å². The molecule has 1 aliphatic rings. The van der Waals surface area contributed by atoms with Crippen molar-refractivity contribution in [3.8, 4) is 0 Å². The van der Waals surface area contributed by atoms with Crippen LogP contribution in [0.1, 0.15) is 6.42 Å². The predicted molar refractivity (Wildman–Crippen MR) is 62.1 cm³/mol. The average molecular weight is 213 g/mol. The average Bonchev–Trinajstić information content (AvgIpc) is 2.65. The lowest BCUT2D eigenvalue weighted by Gasteiger charge is -2.18. The van der Waals surface area contributed by atoms with Crippen LogP contribution in [0, 0.1) is 0 Å². The topological polar surface area (TPSA) is 80.0 Å². The van der Waals surface area contributed by atoms with Crippen LogP contribution in [0.25, 0.3) is 0 Å². The minimum absolute atomic E-state index is 0.0287. The zero-order valence-corrected chi connectivity index (χ0v) is 9.21. The van der Waals surface area contributed by atoms with Crippen LogP contribution in [0.15, 0.2) is 21.1 Å². The summed E-state index contributed by atoms with van der Waals surface area (Å²) in [4.78, 5) is 9.83. The van der Waals surface area contributed by atoms with Gasteiger partial charge in [-0.05, 0) is 6.42 Å². The molecule has 0 atom stereocenters. The van der Waals surface area contributed by atoms with E-state index in [1.54, 1.807) is 18.8 Å². The molecule has 14 heavy (non-hydrogen) atoms. The minimum atomic E-state index is 0.0287. The van der Waals surface area contributed by atoms with Gasteiger partial charge in [0, 0.05) is 19.8 Å². The van der Waals surface area contributed by atoms with E-state index in [-0.39, 0.29) is 5.96 Å². The second-order valence-corrected chi connectivity index (χ2v) is 3.91. The van der Waals surface area contributed by atoms with Crippen molar-refractivity contribution in [1.82, 2.24) is 4.90 Å². The summed E-state index contributed by atoms with van der Waals surface area (Å²) in [6.07, 6.45) is 3.24. The van der Waals surface area contributed by atoms with Gasteiger partial charge in [0.1, 0.15) is 0 Å². The molecular formula is C8H15N5S. The van der Waals surface area contributed by atoms with Crippen molar-refractivity contribution in [2.24, 2.45) is 21.5 Å². The summed E-state index contributed by atoms with van der Waals surface area (Å²) in [7, 11) is 3.57. The first-order valence-corrected chi connectivity index (χ1v) is 5.27. The number of rotatable bonds is 1. The highest BCUT2D eigenvalue weighted by Gasteiger charge is 2.14. The van der Waals surface area contributed by atoms with E-state index in [0.29, 0.717) is 5.96 Å². The standard InChI is InChI=1S/C8H15N5S/c1-11-8(12-7(9)10)13(2)6-4-3-5-14-6/h4H,3,5H2,1-2H3,(H4,9,10,11,12). The molecule has 0 aromatic carbocycles. The van der Waals surface area contributed by atoms with Crippen molar-refractivity contribution in [1.29, 1.82) is 0 Å². The van der Waals surface area contributed by atoms with Crippen LogP contribution >= 0.6 is 11.8 Å². The van der Waals surface area contributed by atoms with Crippen molar-refractivity contribution in [2.75, 3.05) is 19.8 Å². The fraction of sp³-hybridized carbons (Fsp3) is 0.500. The van der Waals surface area contributed by atoms with Gasteiger partial charge >= 0.3 is 0 Å². The third-order valence-electron chi connectivity index (χ3n) is 1.75. The molecule has 1 aliphatic heterocycles. The van der Waals surface area contributed by atoms with Crippen LogP contribution in [0.2, 0.25) is 0 Å². The third kappa shape index (κ3) is 2.66. The molecule has 0 aromatic rings. The van der Waals surface area contributed by atoms with Gasteiger partial charge in [0.25, 0.3) is 0 Å². The first kappa shape index (κ1) is 10.9. The Hall–Kier alpha value is -1.17. The SMILES string of the molecule is CN=C(N=C(N)N)N(C)C1=CCCS1. The Kier molecular flexibility index (Phi) is 3.82. The minimum Gasteiger partial charge on any atom is -0.370 e. The maximum absolute atomic E-state index is 5.30. The molecule has 0 aliphatic carbocycles. The Balaban J connectivity index is 2.75. The number of aliphatic imine (C=N–C) groups is 2. The van der Waals surface area contributed by atoms with Gasteiger partial charge in [-0.1, -0.05) is 6.08 Å². The lowest BCUT2D eigenvalue weighted by atomic mass is 10.5. The molecule has 1 rings (SSSR count). The number of guanidine groups is 2. The molecule has 5 nitrogen and oxygen atoms in total. The third-order valence-corrected chi connectivity index (χ3v) is 2.92. The lowest BCUT2D eigenvalue weighted by molar-refractivity contribution is 0.661. The highest BCUT2D eigenvalue weighted by molar-refractivity contribution is 8.03. The lowest BCUT2D eigenvalue weighted by Crippen LogP contribution is -2.30. The predicted octanol–water partition coefficient (Wildman–Crippen LogP) is 0.156. The van der Waals surface area contributed by atoms with Crippen LogP contribution in [0.4, 0.5) is 0 Å². The van der Waals surface area contributed by atoms with E-state index < -0.39 is 0 Å². The molecule has 1 heterocycles. The van der Waals surface area contributed by atoms with Crippen LogP contribution in [0.3, 0.4) is 0 Å². The zero-order valence-electron chi connectivity index (χ0n) is 8.40. The normalized spacial score (nSPS) is 16.4. The first-order valence-electron chi connectivity index (χ1n) is 4.28. The van der Waals surface area contributed by atoms with Crippen LogP contribution < -0.4 is 11.5 Å². The fourth-order valence-corrected chi connectivity index (χ4v) is 2.08. The van der Waals surface area contributed by atoms with E-state index in [9.17, 15) is 0 Å². The van der Waals surface area contributed by atoms with E-state index in [0.717, 1.165) is 17.2 Å². The number of nitrogens with two attached hydrogens (primary N) is 2. The highest BCUT2D eigenvalue weighted by Crippen LogP contribution is 2.27. The van der Waals surface area contributed by atoms with E-state index in [1.165, 1.54) is 0 Å². The Labute approximate surface area is 88.0 Å². The number of hydrogen-bond donors (Lipinski definition) is 2. The summed E-state index contributed by atoms with van der Waals surface area (Å²) < 4.78 is 0. The molecular weight excluding hydrogens is 198 g/mol. The summed E-state index contributed by atoms with van der Waals surface area (Å²) in [6, 6.07) is 0. The molecule has 78 valence electrons. The monoisotopic (exact) mass is 213 g/mol. The second-order valence-electron chi connectivity index (χ2n) is 2.80. The van der Waals surface area contributed by atoms with Gasteiger partial charge in [0.2, 0.25) is 5.96 Å². The van der Waals surface area contributed by atoms with Gasteiger partial charge in [0.05, 0.1) is 5.03 Å². The molecule has 0 amide bonds. The summed E-state index contributed by atoms with van der Waals surface area (Å²) in [5.74, 6) is 1.67. The van der Waals surface area contributed by atoms with E-state index in [1.807, 2.05) is 11.9 Å². The molecule has 0 unspecified atom stereocenters. The van der Waals surface area contributed by atoms with Gasteiger partial charge < -0.3 is 16.4 Å². The Morgan fingerprint density at radius 2 is 2.29 bits per heavy atom. The van der Waals surface area contributed by atoms with E-state index >= 15 is 0 Å². The van der Waals surface area contributed by atoms with Crippen LogP contribution in [0.5, 0.6) is 0 Å². The molecule has 0 fully saturated rings. The molecule has 0 saturated carbocycles. The zero-order chi connectivity index (χ0) is 10.6. The molecule has 0 aromatic heterocycles. The fourth-order valence-electron chi connectivity index (χ4n) is 1.13. The maximum atomic E-state index is 5.30. The molecule has 0 spiro atoms. The number of allylic oxidation sites excluding steroid dienone is 1. The van der Waals surface area contributed by atoms with E-state index in [4.69, 9.17) is 11.5 Å². The highest BCUT2D eigenvalue weighted by atomic mass is 32.2. The summed E-state index contributed by atoms with van der Waals surface area (Å²) in [6.45, 7) is 0. The van der Waals surface area contributed by atoms with Gasteiger partial charge in [-0.3, -0.25) is 4.99 Å². The summed E-state index contributed by atoms with van der Waals surface area (Å²) >= 11 is 1.78. The van der Waals surface area contributed by atoms with Gasteiger partial charge in [-0.2, -0.15) is 4.99 Å². The summed E-state index contributed by atoms with van der Waals surface area (Å²) in [5.41, 5.74) is 10.6. The first-order chi connectivity index (χ1) is 6.65. The molecule has 6 heteroatoms. The number of thioether (sulfide) groups is 1. The Morgan fingerprint density at radius 3 is 2.71 bits per heavy atom. The number of hydrogen-bond acceptors (Lipinski definition) is 2. The molecule has 0 bridgehead atoms. The van der Waals surface area contributed by atoms with Crippen molar-refractivity contribution in [3.63, 3.8) is 0 Å². The maximum Gasteiger partial charge on any atom is 0.228 e. The van der Waals surface area contributed by atoms with Gasteiger partial charge in [-0.25, -0.2) is 0 Å². The van der Waals surface area contributed by atoms with Crippen LogP contribution in [-0.2, 0) is 0 Å². The van der Waals surface area contributed by atoms with Gasteiger partial charge in [-0.15, -0.1) is 11.8 Å². The molecule has 0 radical (unpaired) electrons. The second kappa shape index (κ2) is 4.90. The quantitative estimate of drug-likeness (QED) is 0.480. The largest absolute Gasteiger partial charge is 0.370 e. The Bertz CT molecular complexity index is 290. The Morgan fingerprint density at radius 1 is 1.57 bits per heavy atom. The molecule has 0 saturated heterocycles. The summed E-state index contributed by atoms with van der Waals surface area (Å²) in [5, 5.41) is 1.15. The van der Waals surface area contributed by atoms with E-state index in [2.05, 4.69) is 16.1 Å².